The minimum absolute atomic E-state index is 0.0235. The van der Waals surface area contributed by atoms with Gasteiger partial charge in [-0.1, -0.05) is 6.07 Å². The van der Waals surface area contributed by atoms with Crippen molar-refractivity contribution in [2.45, 2.75) is 44.7 Å². The molecule has 0 aliphatic carbocycles. The van der Waals surface area contributed by atoms with E-state index < -0.39 is 6.10 Å². The third kappa shape index (κ3) is 2.57. The van der Waals surface area contributed by atoms with Crippen molar-refractivity contribution in [1.82, 2.24) is 4.90 Å². The molecule has 2 aliphatic heterocycles. The molecule has 0 bridgehead atoms. The standard InChI is InChI=1S/C23H25NO5/c1-29-20-8-14-15(7-12(20)10-25)21-13(4-5-19(27)17(21)11-26)22-16(14)9-24-6-2-3-18(24)23(22)28/h4-5,7-8,18,23,25-28H,2-3,6,9-11H2,1H3. The first-order valence-corrected chi connectivity index (χ1v) is 10.0. The number of aromatic hydroxyl groups is 1. The Morgan fingerprint density at radius 3 is 2.66 bits per heavy atom. The molecule has 2 aliphatic rings. The first kappa shape index (κ1) is 18.6. The highest BCUT2D eigenvalue weighted by Gasteiger charge is 2.39. The molecule has 0 spiro atoms. The number of ether oxygens (including phenoxy) is 1. The number of nitrogens with zero attached hydrogens (tertiary/aromatic N) is 1. The number of benzene rings is 3. The Morgan fingerprint density at radius 1 is 1.10 bits per heavy atom. The van der Waals surface area contributed by atoms with Crippen LogP contribution in [-0.2, 0) is 19.8 Å². The molecule has 152 valence electrons. The summed E-state index contributed by atoms with van der Waals surface area (Å²) in [5.74, 6) is 0.612. The molecule has 3 aromatic carbocycles. The summed E-state index contributed by atoms with van der Waals surface area (Å²) in [5.41, 5.74) is 3.01. The average Bonchev–Trinajstić information content (AvgIpc) is 3.21. The molecular formula is C23H25NO5. The molecule has 0 saturated carbocycles. The van der Waals surface area contributed by atoms with E-state index in [0.717, 1.165) is 58.6 Å². The van der Waals surface area contributed by atoms with Crippen LogP contribution < -0.4 is 4.74 Å². The van der Waals surface area contributed by atoms with Gasteiger partial charge in [0.1, 0.15) is 11.5 Å². The van der Waals surface area contributed by atoms with Crippen LogP contribution >= 0.6 is 0 Å². The van der Waals surface area contributed by atoms with Gasteiger partial charge in [-0.15, -0.1) is 0 Å². The lowest BCUT2D eigenvalue weighted by Gasteiger charge is -2.37. The maximum absolute atomic E-state index is 11.3. The molecule has 6 heteroatoms. The highest BCUT2D eigenvalue weighted by Crippen LogP contribution is 2.47. The first-order valence-electron chi connectivity index (χ1n) is 10.0. The molecule has 0 radical (unpaired) electrons. The minimum atomic E-state index is -0.632. The summed E-state index contributed by atoms with van der Waals surface area (Å²) in [4.78, 5) is 2.33. The van der Waals surface area contributed by atoms with Crippen molar-refractivity contribution < 1.29 is 25.2 Å². The highest BCUT2D eigenvalue weighted by atomic mass is 16.5. The van der Waals surface area contributed by atoms with E-state index >= 15 is 0 Å². The maximum atomic E-state index is 11.3. The van der Waals surface area contributed by atoms with E-state index in [0.29, 0.717) is 16.9 Å². The van der Waals surface area contributed by atoms with Gasteiger partial charge in [-0.05, 0) is 70.3 Å². The second-order valence-corrected chi connectivity index (χ2v) is 8.03. The van der Waals surface area contributed by atoms with Gasteiger partial charge in [-0.2, -0.15) is 0 Å². The number of phenols is 1. The number of hydrogen-bond acceptors (Lipinski definition) is 6. The van der Waals surface area contributed by atoms with Crippen molar-refractivity contribution in [3.8, 4) is 11.5 Å². The normalized spacial score (nSPS) is 21.5. The van der Waals surface area contributed by atoms with Crippen molar-refractivity contribution in [3.63, 3.8) is 0 Å². The quantitative estimate of drug-likeness (QED) is 0.510. The number of methoxy groups -OCH3 is 1. The molecule has 0 amide bonds. The summed E-state index contributed by atoms with van der Waals surface area (Å²) in [6.45, 7) is 1.20. The fraction of sp³-hybridized carbons (Fsp3) is 0.391. The lowest BCUT2D eigenvalue weighted by Crippen LogP contribution is -2.39. The SMILES string of the molecule is COc1cc2c3c(c4ccc(O)c(CO)c4c2cc1CO)C(O)C1CCCN1C3. The van der Waals surface area contributed by atoms with Gasteiger partial charge >= 0.3 is 0 Å². The third-order valence-corrected chi connectivity index (χ3v) is 6.68. The van der Waals surface area contributed by atoms with Crippen LogP contribution in [0.25, 0.3) is 21.5 Å². The first-order chi connectivity index (χ1) is 14.1. The summed E-state index contributed by atoms with van der Waals surface area (Å²) in [6.07, 6.45) is 1.39. The van der Waals surface area contributed by atoms with E-state index in [1.807, 2.05) is 18.2 Å². The van der Waals surface area contributed by atoms with Crippen LogP contribution in [0.2, 0.25) is 0 Å². The lowest BCUT2D eigenvalue weighted by molar-refractivity contribution is 0.0552. The summed E-state index contributed by atoms with van der Waals surface area (Å²) in [7, 11) is 1.57. The van der Waals surface area contributed by atoms with Gasteiger partial charge in [0.15, 0.2) is 0 Å². The van der Waals surface area contributed by atoms with Crippen LogP contribution in [0.15, 0.2) is 24.3 Å². The van der Waals surface area contributed by atoms with Gasteiger partial charge in [0.25, 0.3) is 0 Å². The Morgan fingerprint density at radius 2 is 1.93 bits per heavy atom. The predicted octanol–water partition coefficient (Wildman–Crippen LogP) is 2.70. The van der Waals surface area contributed by atoms with Crippen LogP contribution in [0, 0.1) is 0 Å². The summed E-state index contributed by atoms with van der Waals surface area (Å²) < 4.78 is 5.51. The lowest BCUT2D eigenvalue weighted by atomic mass is 9.82. The molecular weight excluding hydrogens is 370 g/mol. The number of rotatable bonds is 3. The maximum Gasteiger partial charge on any atom is 0.125 e. The minimum Gasteiger partial charge on any atom is -0.508 e. The van der Waals surface area contributed by atoms with Gasteiger partial charge in [-0.3, -0.25) is 4.90 Å². The van der Waals surface area contributed by atoms with Crippen molar-refractivity contribution in [2.75, 3.05) is 13.7 Å². The van der Waals surface area contributed by atoms with Crippen LogP contribution in [-0.4, -0.2) is 45.0 Å². The van der Waals surface area contributed by atoms with Crippen LogP contribution in [0.3, 0.4) is 0 Å². The van der Waals surface area contributed by atoms with Gasteiger partial charge in [0, 0.05) is 23.7 Å². The number of aliphatic hydroxyl groups is 3. The molecule has 3 aromatic rings. The Balaban J connectivity index is 1.97. The molecule has 2 heterocycles. The molecule has 6 nitrogen and oxygen atoms in total. The highest BCUT2D eigenvalue weighted by molar-refractivity contribution is 6.13. The largest absolute Gasteiger partial charge is 0.508 e. The van der Waals surface area contributed by atoms with Crippen LogP contribution in [0.4, 0.5) is 0 Å². The van der Waals surface area contributed by atoms with Gasteiger partial charge in [-0.25, -0.2) is 0 Å². The Hall–Kier alpha value is -2.38. The Labute approximate surface area is 168 Å². The van der Waals surface area contributed by atoms with Crippen molar-refractivity contribution in [3.05, 3.63) is 46.5 Å². The van der Waals surface area contributed by atoms with E-state index in [-0.39, 0.29) is 25.0 Å². The molecule has 1 saturated heterocycles. The summed E-state index contributed by atoms with van der Waals surface area (Å²) >= 11 is 0. The fourth-order valence-electron chi connectivity index (χ4n) is 5.34. The number of fused-ring (bicyclic) bond motifs is 7. The Bertz CT molecular complexity index is 1130. The van der Waals surface area contributed by atoms with Crippen molar-refractivity contribution in [2.24, 2.45) is 0 Å². The zero-order valence-corrected chi connectivity index (χ0v) is 16.4. The van der Waals surface area contributed by atoms with E-state index in [4.69, 9.17) is 4.74 Å². The zero-order chi connectivity index (χ0) is 20.3. The molecule has 4 N–H and O–H groups in total. The number of aliphatic hydroxyl groups excluding tert-OH is 3. The van der Waals surface area contributed by atoms with Crippen LogP contribution in [0.1, 0.15) is 41.2 Å². The number of hydrogen-bond donors (Lipinski definition) is 4. The van der Waals surface area contributed by atoms with Gasteiger partial charge < -0.3 is 25.2 Å². The second-order valence-electron chi connectivity index (χ2n) is 8.03. The van der Waals surface area contributed by atoms with Crippen molar-refractivity contribution in [1.29, 1.82) is 0 Å². The van der Waals surface area contributed by atoms with E-state index in [2.05, 4.69) is 4.90 Å². The summed E-state index contributed by atoms with van der Waals surface area (Å²) in [5, 5.41) is 44.9. The summed E-state index contributed by atoms with van der Waals surface area (Å²) in [6, 6.07) is 7.29. The molecule has 1 fully saturated rings. The zero-order valence-electron chi connectivity index (χ0n) is 16.4. The van der Waals surface area contributed by atoms with E-state index in [1.54, 1.807) is 13.2 Å². The van der Waals surface area contributed by atoms with E-state index in [9.17, 15) is 20.4 Å². The van der Waals surface area contributed by atoms with Gasteiger partial charge in [0.2, 0.25) is 0 Å². The third-order valence-electron chi connectivity index (χ3n) is 6.68. The molecule has 5 rings (SSSR count). The smallest absolute Gasteiger partial charge is 0.125 e. The molecule has 29 heavy (non-hydrogen) atoms. The monoisotopic (exact) mass is 395 g/mol. The predicted molar refractivity (Wildman–Crippen MR) is 110 cm³/mol. The molecule has 2 unspecified atom stereocenters. The van der Waals surface area contributed by atoms with Gasteiger partial charge in [0.05, 0.1) is 26.4 Å². The molecule has 0 aromatic heterocycles. The Kier molecular flexibility index (Phi) is 4.40. The fourth-order valence-corrected chi connectivity index (χ4v) is 5.34. The van der Waals surface area contributed by atoms with E-state index in [1.165, 1.54) is 0 Å². The second kappa shape index (κ2) is 6.85. The van der Waals surface area contributed by atoms with Crippen LogP contribution in [0.5, 0.6) is 11.5 Å². The average molecular weight is 395 g/mol. The molecule has 2 atom stereocenters. The topological polar surface area (TPSA) is 93.4 Å². The van der Waals surface area contributed by atoms with Crippen molar-refractivity contribution >= 4 is 21.5 Å².